The van der Waals surface area contributed by atoms with Crippen molar-refractivity contribution < 1.29 is 26.3 Å². The van der Waals surface area contributed by atoms with Gasteiger partial charge in [0.15, 0.2) is 0 Å². The summed E-state index contributed by atoms with van der Waals surface area (Å²) in [4.78, 5) is 0. The molecule has 0 amide bonds. The van der Waals surface area contributed by atoms with Gasteiger partial charge in [-0.25, -0.2) is 0 Å². The Labute approximate surface area is 84.7 Å². The molecule has 0 saturated carbocycles. The number of hydrogen-bond donors (Lipinski definition) is 0. The average Bonchev–Trinajstić information content (AvgIpc) is 1.93. The Kier molecular flexibility index (Phi) is 4.93. The third kappa shape index (κ3) is 8.57. The third-order valence-corrected chi connectivity index (χ3v) is 2.24. The van der Waals surface area contributed by atoms with E-state index in [1.165, 1.54) is 13.8 Å². The number of alkyl halides is 6. The SMILES string of the molecule is CC(C)C(CCC(F)(F)F)CC(F)(F)F. The molecule has 0 aliphatic carbocycles. The second kappa shape index (κ2) is 5.07. The lowest BCUT2D eigenvalue weighted by atomic mass is 9.88. The summed E-state index contributed by atoms with van der Waals surface area (Å²) in [7, 11) is 0. The van der Waals surface area contributed by atoms with Crippen LogP contribution in [0.15, 0.2) is 0 Å². The third-order valence-electron chi connectivity index (χ3n) is 2.24. The van der Waals surface area contributed by atoms with Crippen LogP contribution in [0.25, 0.3) is 0 Å². The van der Waals surface area contributed by atoms with Crippen LogP contribution in [-0.4, -0.2) is 12.4 Å². The number of hydrogen-bond acceptors (Lipinski definition) is 0. The largest absolute Gasteiger partial charge is 0.389 e. The molecular weight excluding hydrogens is 222 g/mol. The van der Waals surface area contributed by atoms with Crippen LogP contribution in [0.5, 0.6) is 0 Å². The van der Waals surface area contributed by atoms with Crippen LogP contribution >= 0.6 is 0 Å². The molecule has 0 fully saturated rings. The monoisotopic (exact) mass is 236 g/mol. The molecule has 1 unspecified atom stereocenters. The Bertz CT molecular complexity index is 178. The fraction of sp³-hybridized carbons (Fsp3) is 1.00. The van der Waals surface area contributed by atoms with E-state index in [0.29, 0.717) is 0 Å². The molecule has 0 N–H and O–H groups in total. The van der Waals surface area contributed by atoms with Crippen LogP contribution in [0.4, 0.5) is 26.3 Å². The maximum atomic E-state index is 12.0. The molecule has 0 radical (unpaired) electrons. The lowest BCUT2D eigenvalue weighted by molar-refractivity contribution is -0.159. The first-order chi connectivity index (χ1) is 6.51. The van der Waals surface area contributed by atoms with Gasteiger partial charge in [0.1, 0.15) is 0 Å². The first-order valence-corrected chi connectivity index (χ1v) is 4.65. The molecular formula is C9H14F6. The van der Waals surface area contributed by atoms with Gasteiger partial charge in [-0.1, -0.05) is 13.8 Å². The van der Waals surface area contributed by atoms with Crippen LogP contribution in [0.2, 0.25) is 0 Å². The van der Waals surface area contributed by atoms with Gasteiger partial charge in [0.2, 0.25) is 0 Å². The second-order valence-corrected chi connectivity index (χ2v) is 3.98. The zero-order chi connectivity index (χ0) is 12.3. The van der Waals surface area contributed by atoms with Crippen molar-refractivity contribution in [2.45, 2.75) is 45.5 Å². The molecule has 0 rings (SSSR count). The molecule has 0 aromatic carbocycles. The molecule has 0 saturated heterocycles. The molecule has 15 heavy (non-hydrogen) atoms. The summed E-state index contributed by atoms with van der Waals surface area (Å²) in [6.45, 7) is 3.01. The normalized spacial score (nSPS) is 15.8. The lowest BCUT2D eigenvalue weighted by Crippen LogP contribution is -2.21. The van der Waals surface area contributed by atoms with Crippen LogP contribution in [0.1, 0.15) is 33.1 Å². The Balaban J connectivity index is 4.18. The first-order valence-electron chi connectivity index (χ1n) is 4.65. The number of halogens is 6. The molecule has 0 aromatic rings. The van der Waals surface area contributed by atoms with Gasteiger partial charge in [0, 0.05) is 12.8 Å². The van der Waals surface area contributed by atoms with Crippen LogP contribution < -0.4 is 0 Å². The first kappa shape index (κ1) is 14.6. The van der Waals surface area contributed by atoms with Crippen molar-refractivity contribution in [1.82, 2.24) is 0 Å². The van der Waals surface area contributed by atoms with E-state index in [1.54, 1.807) is 0 Å². The van der Waals surface area contributed by atoms with Crippen LogP contribution in [-0.2, 0) is 0 Å². The molecule has 6 heteroatoms. The van der Waals surface area contributed by atoms with Gasteiger partial charge in [-0.15, -0.1) is 0 Å². The van der Waals surface area contributed by atoms with Crippen molar-refractivity contribution in [2.75, 3.05) is 0 Å². The Morgan fingerprint density at radius 3 is 1.60 bits per heavy atom. The molecule has 0 aliphatic heterocycles. The Morgan fingerprint density at radius 1 is 0.867 bits per heavy atom. The van der Waals surface area contributed by atoms with Crippen molar-refractivity contribution in [2.24, 2.45) is 11.8 Å². The summed E-state index contributed by atoms with van der Waals surface area (Å²) in [6, 6.07) is 0. The van der Waals surface area contributed by atoms with Crippen molar-refractivity contribution in [1.29, 1.82) is 0 Å². The summed E-state index contributed by atoms with van der Waals surface area (Å²) >= 11 is 0. The Morgan fingerprint density at radius 2 is 1.33 bits per heavy atom. The van der Waals surface area contributed by atoms with Crippen molar-refractivity contribution in [3.63, 3.8) is 0 Å². The Hall–Kier alpha value is -0.420. The van der Waals surface area contributed by atoms with E-state index in [-0.39, 0.29) is 0 Å². The van der Waals surface area contributed by atoms with Crippen LogP contribution in [0.3, 0.4) is 0 Å². The van der Waals surface area contributed by atoms with E-state index in [2.05, 4.69) is 0 Å². The molecule has 0 bridgehead atoms. The highest BCUT2D eigenvalue weighted by atomic mass is 19.4. The minimum atomic E-state index is -4.39. The predicted octanol–water partition coefficient (Wildman–Crippen LogP) is 4.55. The lowest BCUT2D eigenvalue weighted by Gasteiger charge is -2.22. The van der Waals surface area contributed by atoms with Gasteiger partial charge in [-0.2, -0.15) is 26.3 Å². The molecule has 0 aliphatic rings. The summed E-state index contributed by atoms with van der Waals surface area (Å²) < 4.78 is 71.5. The molecule has 0 aromatic heterocycles. The molecule has 92 valence electrons. The minimum Gasteiger partial charge on any atom is -0.171 e. The standard InChI is InChI=1S/C9H14F6/c1-6(2)7(5-9(13,14)15)3-4-8(10,11)12/h6-7H,3-5H2,1-2H3. The molecule has 0 spiro atoms. The van der Waals surface area contributed by atoms with E-state index in [1.807, 2.05) is 0 Å². The van der Waals surface area contributed by atoms with E-state index in [4.69, 9.17) is 0 Å². The topological polar surface area (TPSA) is 0 Å². The molecule has 0 heterocycles. The van der Waals surface area contributed by atoms with Crippen molar-refractivity contribution in [3.8, 4) is 0 Å². The number of rotatable bonds is 4. The summed E-state index contributed by atoms with van der Waals surface area (Å²) in [6.07, 6.45) is -11.5. The van der Waals surface area contributed by atoms with Gasteiger partial charge < -0.3 is 0 Å². The summed E-state index contributed by atoms with van der Waals surface area (Å²) in [5, 5.41) is 0. The highest BCUT2D eigenvalue weighted by molar-refractivity contribution is 4.69. The fourth-order valence-corrected chi connectivity index (χ4v) is 1.32. The summed E-state index contributed by atoms with van der Waals surface area (Å²) in [5.41, 5.74) is 0. The second-order valence-electron chi connectivity index (χ2n) is 3.98. The van der Waals surface area contributed by atoms with Gasteiger partial charge >= 0.3 is 12.4 Å². The fourth-order valence-electron chi connectivity index (χ4n) is 1.32. The van der Waals surface area contributed by atoms with Gasteiger partial charge in [-0.05, 0) is 18.3 Å². The average molecular weight is 236 g/mol. The zero-order valence-corrected chi connectivity index (χ0v) is 8.54. The zero-order valence-electron chi connectivity index (χ0n) is 8.54. The minimum absolute atomic E-state index is 0.394. The molecule has 0 nitrogen and oxygen atoms in total. The smallest absolute Gasteiger partial charge is 0.171 e. The highest BCUT2D eigenvalue weighted by Gasteiger charge is 2.35. The van der Waals surface area contributed by atoms with Gasteiger partial charge in [-0.3, -0.25) is 0 Å². The molecule has 1 atom stereocenters. The maximum Gasteiger partial charge on any atom is 0.389 e. The van der Waals surface area contributed by atoms with Crippen molar-refractivity contribution >= 4 is 0 Å². The maximum absolute atomic E-state index is 12.0. The van der Waals surface area contributed by atoms with E-state index in [0.717, 1.165) is 0 Å². The highest BCUT2D eigenvalue weighted by Crippen LogP contribution is 2.34. The van der Waals surface area contributed by atoms with E-state index < -0.39 is 43.5 Å². The van der Waals surface area contributed by atoms with Crippen LogP contribution in [0, 0.1) is 11.8 Å². The predicted molar refractivity (Wildman–Crippen MR) is 44.3 cm³/mol. The quantitative estimate of drug-likeness (QED) is 0.628. The van der Waals surface area contributed by atoms with Crippen molar-refractivity contribution in [3.05, 3.63) is 0 Å². The van der Waals surface area contributed by atoms with E-state index in [9.17, 15) is 26.3 Å². The van der Waals surface area contributed by atoms with Gasteiger partial charge in [0.25, 0.3) is 0 Å². The van der Waals surface area contributed by atoms with Gasteiger partial charge in [0.05, 0.1) is 0 Å². The summed E-state index contributed by atoms with van der Waals surface area (Å²) in [5.74, 6) is -1.35. The van der Waals surface area contributed by atoms with E-state index >= 15 is 0 Å².